The SMILES string of the molecule is CC(=O)N1CCCCC1.COC(C)OC. The molecule has 1 aliphatic rings. The number of carbonyl (C=O) groups excluding carboxylic acids is 1. The first-order valence-electron chi connectivity index (χ1n) is 5.43. The fraction of sp³-hybridized carbons (Fsp3) is 0.909. The summed E-state index contributed by atoms with van der Waals surface area (Å²) in [5.41, 5.74) is 0. The molecule has 0 aromatic rings. The average Bonchev–Trinajstić information content (AvgIpc) is 2.30. The molecule has 1 aliphatic heterocycles. The Balaban J connectivity index is 0.000000288. The van der Waals surface area contributed by atoms with E-state index in [1.807, 2.05) is 11.8 Å². The zero-order valence-corrected chi connectivity index (χ0v) is 10.3. The molecule has 1 rings (SSSR count). The van der Waals surface area contributed by atoms with Gasteiger partial charge in [0.15, 0.2) is 6.29 Å². The summed E-state index contributed by atoms with van der Waals surface area (Å²) < 4.78 is 9.35. The summed E-state index contributed by atoms with van der Waals surface area (Å²) in [4.78, 5) is 12.6. The Hall–Kier alpha value is -0.610. The minimum absolute atomic E-state index is 0.0648. The molecule has 0 aliphatic carbocycles. The molecular formula is C11H23NO3. The highest BCUT2D eigenvalue weighted by Gasteiger charge is 2.10. The quantitative estimate of drug-likeness (QED) is 0.660. The van der Waals surface area contributed by atoms with Crippen molar-refractivity contribution in [2.45, 2.75) is 39.4 Å². The molecular weight excluding hydrogens is 194 g/mol. The lowest BCUT2D eigenvalue weighted by Crippen LogP contribution is -2.33. The molecule has 15 heavy (non-hydrogen) atoms. The van der Waals surface area contributed by atoms with Crippen molar-refractivity contribution in [2.75, 3.05) is 27.3 Å². The molecule has 90 valence electrons. The van der Waals surface area contributed by atoms with Crippen molar-refractivity contribution in [3.63, 3.8) is 0 Å². The molecule has 1 amide bonds. The molecule has 1 heterocycles. The van der Waals surface area contributed by atoms with E-state index in [9.17, 15) is 4.79 Å². The van der Waals surface area contributed by atoms with Crippen molar-refractivity contribution in [1.82, 2.24) is 4.90 Å². The maximum absolute atomic E-state index is 10.7. The van der Waals surface area contributed by atoms with Gasteiger partial charge in [-0.1, -0.05) is 0 Å². The molecule has 0 bridgehead atoms. The molecule has 0 spiro atoms. The molecule has 0 unspecified atom stereocenters. The minimum atomic E-state index is -0.0648. The minimum Gasteiger partial charge on any atom is -0.356 e. The number of hydrogen-bond donors (Lipinski definition) is 0. The van der Waals surface area contributed by atoms with Crippen molar-refractivity contribution >= 4 is 5.91 Å². The number of carbonyl (C=O) groups is 1. The van der Waals surface area contributed by atoms with Crippen LogP contribution in [0.4, 0.5) is 0 Å². The van der Waals surface area contributed by atoms with E-state index in [0.717, 1.165) is 13.1 Å². The van der Waals surface area contributed by atoms with Crippen molar-refractivity contribution in [3.05, 3.63) is 0 Å². The first-order chi connectivity index (χ1) is 7.11. The standard InChI is InChI=1S/C7H13NO.C4H10O2/c1-7(9)8-5-3-2-4-6-8;1-4(5-2)6-3/h2-6H2,1H3;4H,1-3H3. The van der Waals surface area contributed by atoms with Gasteiger partial charge in [-0.05, 0) is 26.2 Å². The van der Waals surface area contributed by atoms with Gasteiger partial charge >= 0.3 is 0 Å². The largest absolute Gasteiger partial charge is 0.356 e. The Bertz CT molecular complexity index is 163. The third kappa shape index (κ3) is 7.33. The van der Waals surface area contributed by atoms with Crippen LogP contribution in [0.1, 0.15) is 33.1 Å². The maximum Gasteiger partial charge on any atom is 0.219 e. The van der Waals surface area contributed by atoms with Crippen LogP contribution in [-0.2, 0) is 14.3 Å². The highest BCUT2D eigenvalue weighted by atomic mass is 16.7. The number of nitrogens with zero attached hydrogens (tertiary/aromatic N) is 1. The summed E-state index contributed by atoms with van der Waals surface area (Å²) in [6, 6.07) is 0. The Morgan fingerprint density at radius 2 is 1.60 bits per heavy atom. The normalized spacial score (nSPS) is 15.9. The van der Waals surface area contributed by atoms with E-state index >= 15 is 0 Å². The van der Waals surface area contributed by atoms with Gasteiger partial charge in [0.05, 0.1) is 0 Å². The molecule has 0 N–H and O–H groups in total. The number of rotatable bonds is 2. The molecule has 1 saturated heterocycles. The lowest BCUT2D eigenvalue weighted by molar-refractivity contribution is -0.129. The maximum atomic E-state index is 10.7. The first-order valence-corrected chi connectivity index (χ1v) is 5.43. The fourth-order valence-corrected chi connectivity index (χ4v) is 1.31. The van der Waals surface area contributed by atoms with Crippen LogP contribution in [0.15, 0.2) is 0 Å². The fourth-order valence-electron chi connectivity index (χ4n) is 1.31. The van der Waals surface area contributed by atoms with Gasteiger partial charge in [-0.3, -0.25) is 4.79 Å². The Morgan fingerprint density at radius 1 is 1.13 bits per heavy atom. The van der Waals surface area contributed by atoms with Crippen LogP contribution < -0.4 is 0 Å². The van der Waals surface area contributed by atoms with Crippen LogP contribution in [0, 0.1) is 0 Å². The van der Waals surface area contributed by atoms with Crippen LogP contribution in [0.5, 0.6) is 0 Å². The third-order valence-corrected chi connectivity index (χ3v) is 2.47. The van der Waals surface area contributed by atoms with Gasteiger partial charge in [0.25, 0.3) is 0 Å². The lowest BCUT2D eigenvalue weighted by atomic mass is 10.1. The predicted octanol–water partition coefficient (Wildman–Crippen LogP) is 1.64. The molecule has 4 heteroatoms. The van der Waals surface area contributed by atoms with Crippen LogP contribution in [0.3, 0.4) is 0 Å². The molecule has 0 aromatic carbocycles. The summed E-state index contributed by atoms with van der Waals surface area (Å²) >= 11 is 0. The summed E-state index contributed by atoms with van der Waals surface area (Å²) in [7, 11) is 3.21. The highest BCUT2D eigenvalue weighted by Crippen LogP contribution is 2.07. The van der Waals surface area contributed by atoms with Crippen LogP contribution in [0.25, 0.3) is 0 Å². The van der Waals surface area contributed by atoms with Gasteiger partial charge in [0, 0.05) is 34.2 Å². The van der Waals surface area contributed by atoms with E-state index in [0.29, 0.717) is 0 Å². The first kappa shape index (κ1) is 14.4. The van der Waals surface area contributed by atoms with Crippen LogP contribution >= 0.6 is 0 Å². The van der Waals surface area contributed by atoms with E-state index < -0.39 is 0 Å². The van der Waals surface area contributed by atoms with Gasteiger partial charge in [0.1, 0.15) is 0 Å². The van der Waals surface area contributed by atoms with Crippen molar-refractivity contribution in [2.24, 2.45) is 0 Å². The smallest absolute Gasteiger partial charge is 0.219 e. The molecule has 0 atom stereocenters. The van der Waals surface area contributed by atoms with Gasteiger partial charge < -0.3 is 14.4 Å². The topological polar surface area (TPSA) is 38.8 Å². The zero-order chi connectivity index (χ0) is 11.7. The summed E-state index contributed by atoms with van der Waals surface area (Å²) in [5.74, 6) is 0.231. The number of ether oxygens (including phenoxy) is 2. The summed E-state index contributed by atoms with van der Waals surface area (Å²) in [6.45, 7) is 5.44. The second-order valence-corrected chi connectivity index (χ2v) is 3.61. The predicted molar refractivity (Wildman–Crippen MR) is 59.6 cm³/mol. The van der Waals surface area contributed by atoms with Crippen molar-refractivity contribution < 1.29 is 14.3 Å². The zero-order valence-electron chi connectivity index (χ0n) is 10.3. The Morgan fingerprint density at radius 3 is 1.80 bits per heavy atom. The Kier molecular flexibility index (Phi) is 8.33. The summed E-state index contributed by atoms with van der Waals surface area (Å²) in [6.07, 6.45) is 3.62. The van der Waals surface area contributed by atoms with Crippen molar-refractivity contribution in [1.29, 1.82) is 0 Å². The highest BCUT2D eigenvalue weighted by molar-refractivity contribution is 5.73. The molecule has 0 saturated carbocycles. The monoisotopic (exact) mass is 217 g/mol. The molecule has 0 aromatic heterocycles. The van der Waals surface area contributed by atoms with Gasteiger partial charge in [0.2, 0.25) is 5.91 Å². The number of methoxy groups -OCH3 is 2. The lowest BCUT2D eigenvalue weighted by Gasteiger charge is -2.24. The van der Waals surface area contributed by atoms with Crippen LogP contribution in [-0.4, -0.2) is 44.4 Å². The number of hydrogen-bond acceptors (Lipinski definition) is 3. The van der Waals surface area contributed by atoms with E-state index in [-0.39, 0.29) is 12.2 Å². The van der Waals surface area contributed by atoms with Crippen LogP contribution in [0.2, 0.25) is 0 Å². The van der Waals surface area contributed by atoms with Crippen molar-refractivity contribution in [3.8, 4) is 0 Å². The second kappa shape index (κ2) is 8.68. The number of amides is 1. The van der Waals surface area contributed by atoms with E-state index in [4.69, 9.17) is 0 Å². The Labute approximate surface area is 92.5 Å². The van der Waals surface area contributed by atoms with E-state index in [1.165, 1.54) is 19.3 Å². The summed E-state index contributed by atoms with van der Waals surface area (Å²) in [5, 5.41) is 0. The van der Waals surface area contributed by atoms with Gasteiger partial charge in [-0.25, -0.2) is 0 Å². The molecule has 1 fully saturated rings. The number of piperidine rings is 1. The average molecular weight is 217 g/mol. The molecule has 0 radical (unpaired) electrons. The second-order valence-electron chi connectivity index (χ2n) is 3.61. The third-order valence-electron chi connectivity index (χ3n) is 2.47. The van der Waals surface area contributed by atoms with E-state index in [1.54, 1.807) is 21.1 Å². The molecule has 4 nitrogen and oxygen atoms in total. The number of likely N-dealkylation sites (tertiary alicyclic amines) is 1. The van der Waals surface area contributed by atoms with E-state index in [2.05, 4.69) is 9.47 Å². The van der Waals surface area contributed by atoms with Gasteiger partial charge in [-0.15, -0.1) is 0 Å². The van der Waals surface area contributed by atoms with Gasteiger partial charge in [-0.2, -0.15) is 0 Å².